The Morgan fingerprint density at radius 2 is 1.90 bits per heavy atom. The van der Waals surface area contributed by atoms with Crippen LogP contribution in [0.1, 0.15) is 21.3 Å². The third kappa shape index (κ3) is 4.15. The van der Waals surface area contributed by atoms with Crippen molar-refractivity contribution < 1.29 is 14.3 Å². The molecule has 2 amide bonds. The molecule has 0 bridgehead atoms. The molecule has 4 rings (SSSR count). The van der Waals surface area contributed by atoms with Gasteiger partial charge in [0.25, 0.3) is 5.91 Å². The van der Waals surface area contributed by atoms with Gasteiger partial charge in [-0.1, -0.05) is 41.9 Å². The molecule has 0 aliphatic carbocycles. The van der Waals surface area contributed by atoms with E-state index >= 15 is 0 Å². The topological polar surface area (TPSA) is 58.6 Å². The molecular formula is C23H19ClN2O3S. The van der Waals surface area contributed by atoms with Crippen LogP contribution in [0, 0.1) is 0 Å². The first kappa shape index (κ1) is 20.3. The van der Waals surface area contributed by atoms with Crippen molar-refractivity contribution in [3.8, 4) is 5.75 Å². The fraction of sp³-hybridized carbons (Fsp3) is 0.130. The van der Waals surface area contributed by atoms with Gasteiger partial charge in [-0.2, -0.15) is 0 Å². The van der Waals surface area contributed by atoms with Gasteiger partial charge in [-0.3, -0.25) is 14.5 Å². The summed E-state index contributed by atoms with van der Waals surface area (Å²) in [6, 6.07) is 21.9. The van der Waals surface area contributed by atoms with Gasteiger partial charge in [0.1, 0.15) is 11.1 Å². The van der Waals surface area contributed by atoms with Crippen LogP contribution < -0.4 is 15.0 Å². The van der Waals surface area contributed by atoms with Crippen LogP contribution in [-0.2, 0) is 4.79 Å². The average Bonchev–Trinajstić information content (AvgIpc) is 3.15. The van der Waals surface area contributed by atoms with Gasteiger partial charge in [0.15, 0.2) is 0 Å². The van der Waals surface area contributed by atoms with Gasteiger partial charge in [0.2, 0.25) is 5.91 Å². The van der Waals surface area contributed by atoms with Crippen LogP contribution in [0.25, 0.3) is 0 Å². The van der Waals surface area contributed by atoms with E-state index in [1.807, 2.05) is 48.5 Å². The number of ether oxygens (including phenoxy) is 1. The fourth-order valence-corrected chi connectivity index (χ4v) is 4.71. The van der Waals surface area contributed by atoms with Gasteiger partial charge in [-0.25, -0.2) is 0 Å². The van der Waals surface area contributed by atoms with E-state index in [4.69, 9.17) is 16.3 Å². The van der Waals surface area contributed by atoms with Crippen molar-refractivity contribution in [2.24, 2.45) is 0 Å². The number of methoxy groups -OCH3 is 1. The Labute approximate surface area is 184 Å². The van der Waals surface area contributed by atoms with Gasteiger partial charge in [0.05, 0.1) is 23.4 Å². The lowest BCUT2D eigenvalue weighted by atomic mass is 10.1. The highest BCUT2D eigenvalue weighted by atomic mass is 35.5. The number of rotatable bonds is 5. The van der Waals surface area contributed by atoms with E-state index in [-0.39, 0.29) is 17.2 Å². The maximum Gasteiger partial charge on any atom is 0.257 e. The smallest absolute Gasteiger partial charge is 0.257 e. The summed E-state index contributed by atoms with van der Waals surface area (Å²) in [7, 11) is 1.60. The van der Waals surface area contributed by atoms with Crippen LogP contribution in [0.2, 0.25) is 5.02 Å². The summed E-state index contributed by atoms with van der Waals surface area (Å²) in [6.45, 7) is 0. The molecule has 3 aromatic carbocycles. The van der Waals surface area contributed by atoms with Crippen molar-refractivity contribution in [2.45, 2.75) is 5.37 Å². The van der Waals surface area contributed by atoms with Crippen LogP contribution in [0.15, 0.2) is 72.8 Å². The molecule has 1 fully saturated rings. The van der Waals surface area contributed by atoms with Crippen LogP contribution in [-0.4, -0.2) is 24.7 Å². The van der Waals surface area contributed by atoms with Gasteiger partial charge >= 0.3 is 0 Å². The van der Waals surface area contributed by atoms with E-state index in [0.717, 1.165) is 11.3 Å². The van der Waals surface area contributed by atoms with E-state index < -0.39 is 0 Å². The predicted molar refractivity (Wildman–Crippen MR) is 122 cm³/mol. The maximum absolute atomic E-state index is 12.6. The van der Waals surface area contributed by atoms with Crippen molar-refractivity contribution in [3.63, 3.8) is 0 Å². The fourth-order valence-electron chi connectivity index (χ4n) is 3.32. The second-order valence-electron chi connectivity index (χ2n) is 6.69. The third-order valence-electron chi connectivity index (χ3n) is 4.75. The molecule has 1 aliphatic rings. The Kier molecular flexibility index (Phi) is 5.97. The van der Waals surface area contributed by atoms with Crippen LogP contribution in [0.4, 0.5) is 11.4 Å². The third-order valence-corrected chi connectivity index (χ3v) is 6.29. The maximum atomic E-state index is 12.6. The number of nitrogens with zero attached hydrogens (tertiary/aromatic N) is 1. The summed E-state index contributed by atoms with van der Waals surface area (Å²) in [5.41, 5.74) is 2.75. The quantitative estimate of drug-likeness (QED) is 0.581. The highest BCUT2D eigenvalue weighted by Gasteiger charge is 2.34. The Balaban J connectivity index is 1.60. The number of carbonyl (C=O) groups excluding carboxylic acids is 2. The van der Waals surface area contributed by atoms with E-state index in [1.54, 1.807) is 48.0 Å². The largest absolute Gasteiger partial charge is 0.497 e. The second-order valence-corrected chi connectivity index (χ2v) is 8.16. The predicted octanol–water partition coefficient (Wildman–Crippen LogP) is 5.38. The second kappa shape index (κ2) is 8.81. The van der Waals surface area contributed by atoms with Crippen LogP contribution in [0.3, 0.4) is 0 Å². The average molecular weight is 439 g/mol. The van der Waals surface area contributed by atoms with Crippen molar-refractivity contribution in [1.29, 1.82) is 0 Å². The summed E-state index contributed by atoms with van der Waals surface area (Å²) >= 11 is 7.68. The number of thioether (sulfide) groups is 1. The number of halogens is 1. The van der Waals surface area contributed by atoms with Crippen LogP contribution >= 0.6 is 23.4 Å². The number of carbonyl (C=O) groups is 2. The summed E-state index contributed by atoms with van der Waals surface area (Å²) in [5, 5.41) is 3.09. The first-order chi connectivity index (χ1) is 14.6. The molecule has 7 heteroatoms. The summed E-state index contributed by atoms with van der Waals surface area (Å²) in [4.78, 5) is 27.0. The molecule has 0 radical (unpaired) electrons. The zero-order valence-corrected chi connectivity index (χ0v) is 17.7. The molecule has 30 heavy (non-hydrogen) atoms. The minimum Gasteiger partial charge on any atom is -0.497 e. The molecule has 1 unspecified atom stereocenters. The molecule has 3 aromatic rings. The zero-order chi connectivity index (χ0) is 21.1. The van der Waals surface area contributed by atoms with E-state index in [1.165, 1.54) is 0 Å². The number of benzene rings is 3. The lowest BCUT2D eigenvalue weighted by Gasteiger charge is -2.25. The molecule has 1 saturated heterocycles. The highest BCUT2D eigenvalue weighted by molar-refractivity contribution is 8.00. The molecule has 1 aliphatic heterocycles. The number of nitrogens with one attached hydrogen (secondary N) is 1. The molecule has 152 valence electrons. The molecule has 0 spiro atoms. The number of hydrogen-bond donors (Lipinski definition) is 1. The minimum atomic E-state index is -0.280. The standard InChI is InChI=1S/C23H19ClN2O3S/c1-29-18-9-5-8-17(13-18)26-21(27)14-30-23(26)15-6-4-7-16(12-15)25-22(28)19-10-2-3-11-20(19)24/h2-13,23H,14H2,1H3,(H,25,28). The normalized spacial score (nSPS) is 15.9. The Bertz CT molecular complexity index is 1110. The van der Waals surface area contributed by atoms with Gasteiger partial charge in [-0.05, 0) is 42.0 Å². The zero-order valence-electron chi connectivity index (χ0n) is 16.2. The molecule has 0 aromatic heterocycles. The summed E-state index contributed by atoms with van der Waals surface area (Å²) in [5.74, 6) is 0.830. The summed E-state index contributed by atoms with van der Waals surface area (Å²) < 4.78 is 5.30. The van der Waals surface area contributed by atoms with Gasteiger partial charge in [-0.15, -0.1) is 11.8 Å². The lowest BCUT2D eigenvalue weighted by Crippen LogP contribution is -2.27. The number of amides is 2. The molecule has 0 saturated carbocycles. The first-order valence-electron chi connectivity index (χ1n) is 9.30. The Morgan fingerprint density at radius 3 is 2.70 bits per heavy atom. The molecule has 1 N–H and O–H groups in total. The van der Waals surface area contributed by atoms with E-state index in [9.17, 15) is 9.59 Å². The molecule has 5 nitrogen and oxygen atoms in total. The Hall–Kier alpha value is -2.96. The minimum absolute atomic E-state index is 0.0313. The highest BCUT2D eigenvalue weighted by Crippen LogP contribution is 2.42. The summed E-state index contributed by atoms with van der Waals surface area (Å²) in [6.07, 6.45) is 0. The van der Waals surface area contributed by atoms with E-state index in [2.05, 4.69) is 5.32 Å². The van der Waals surface area contributed by atoms with Crippen molar-refractivity contribution >= 4 is 46.6 Å². The van der Waals surface area contributed by atoms with Crippen molar-refractivity contribution in [1.82, 2.24) is 0 Å². The SMILES string of the molecule is COc1cccc(N2C(=O)CSC2c2cccc(NC(=O)c3ccccc3Cl)c2)c1. The van der Waals surface area contributed by atoms with Gasteiger partial charge in [0, 0.05) is 17.4 Å². The first-order valence-corrected chi connectivity index (χ1v) is 10.7. The van der Waals surface area contributed by atoms with Crippen molar-refractivity contribution in [3.05, 3.63) is 88.9 Å². The van der Waals surface area contributed by atoms with E-state index in [0.29, 0.717) is 27.8 Å². The molecule has 1 atom stereocenters. The molecule has 1 heterocycles. The van der Waals surface area contributed by atoms with Gasteiger partial charge < -0.3 is 10.1 Å². The number of hydrogen-bond acceptors (Lipinski definition) is 4. The number of anilines is 2. The Morgan fingerprint density at radius 1 is 1.10 bits per heavy atom. The monoisotopic (exact) mass is 438 g/mol. The van der Waals surface area contributed by atoms with Crippen LogP contribution in [0.5, 0.6) is 5.75 Å². The van der Waals surface area contributed by atoms with Crippen molar-refractivity contribution in [2.75, 3.05) is 23.1 Å². The lowest BCUT2D eigenvalue weighted by molar-refractivity contribution is -0.115. The molecular weight excluding hydrogens is 420 g/mol.